The van der Waals surface area contributed by atoms with Gasteiger partial charge in [-0.25, -0.2) is 4.79 Å². The number of hydrogen-bond donors (Lipinski definition) is 1. The van der Waals surface area contributed by atoms with Crippen LogP contribution in [-0.2, 0) is 4.74 Å². The molecule has 0 saturated heterocycles. The first-order chi connectivity index (χ1) is 6.42. The van der Waals surface area contributed by atoms with Gasteiger partial charge in [0, 0.05) is 0 Å². The van der Waals surface area contributed by atoms with E-state index in [2.05, 4.69) is 25.9 Å². The van der Waals surface area contributed by atoms with E-state index in [0.717, 1.165) is 17.3 Å². The molecule has 15 heavy (non-hydrogen) atoms. The van der Waals surface area contributed by atoms with Crippen molar-refractivity contribution in [3.05, 3.63) is 0 Å². The first-order valence-electron chi connectivity index (χ1n) is 5.14. The summed E-state index contributed by atoms with van der Waals surface area (Å²) in [5.41, 5.74) is 4.83. The first kappa shape index (κ1) is 16.9. The minimum absolute atomic E-state index is 0. The monoisotopic (exact) mass is 238 g/mol. The van der Waals surface area contributed by atoms with Gasteiger partial charge in [-0.05, 0) is 25.7 Å². The van der Waals surface area contributed by atoms with Crippen LogP contribution >= 0.6 is 0 Å². The van der Waals surface area contributed by atoms with E-state index in [1.807, 2.05) is 0 Å². The summed E-state index contributed by atoms with van der Waals surface area (Å²) in [6.45, 7) is 1.65. The summed E-state index contributed by atoms with van der Waals surface area (Å²) in [5, 5.41) is 0. The largest absolute Gasteiger partial charge is 1.00 e. The highest BCUT2D eigenvalue weighted by Crippen LogP contribution is 2.03. The fraction of sp³-hybridized carbons (Fsp3) is 0.900. The molecule has 0 fully saturated rings. The molecule has 2 N–H and O–H groups in total. The lowest BCUT2D eigenvalue weighted by Crippen LogP contribution is -3.00. The van der Waals surface area contributed by atoms with Crippen molar-refractivity contribution in [3.8, 4) is 0 Å². The number of ether oxygens (including phenoxy) is 1. The molecular formula is C10H23ClN2O2. The molecule has 0 aromatic heterocycles. The molecule has 0 aromatic carbocycles. The number of halogens is 1. The summed E-state index contributed by atoms with van der Waals surface area (Å²) in [7, 11) is 6.57. The summed E-state index contributed by atoms with van der Waals surface area (Å²) >= 11 is 0. The summed E-state index contributed by atoms with van der Waals surface area (Å²) in [6.07, 6.45) is 3.77. The zero-order valence-corrected chi connectivity index (χ0v) is 10.7. The Morgan fingerprint density at radius 1 is 1.13 bits per heavy atom. The van der Waals surface area contributed by atoms with Crippen molar-refractivity contribution in [1.82, 2.24) is 0 Å². The molecule has 0 unspecified atom stereocenters. The van der Waals surface area contributed by atoms with E-state index in [9.17, 15) is 4.79 Å². The van der Waals surface area contributed by atoms with Crippen LogP contribution in [0.1, 0.15) is 25.7 Å². The van der Waals surface area contributed by atoms with Crippen LogP contribution in [0.3, 0.4) is 0 Å². The van der Waals surface area contributed by atoms with Gasteiger partial charge in [0.1, 0.15) is 0 Å². The van der Waals surface area contributed by atoms with Crippen LogP contribution in [-0.4, -0.2) is 44.9 Å². The predicted molar refractivity (Wildman–Crippen MR) is 56.9 cm³/mol. The number of nitrogens with zero attached hydrogens (tertiary/aromatic N) is 1. The minimum atomic E-state index is -0.670. The highest BCUT2D eigenvalue weighted by molar-refractivity contribution is 5.64. The quantitative estimate of drug-likeness (QED) is 0.427. The molecule has 0 aliphatic heterocycles. The molecular weight excluding hydrogens is 216 g/mol. The number of carbonyl (C=O) groups excluding carboxylic acids is 1. The third-order valence-corrected chi connectivity index (χ3v) is 1.97. The second-order valence-electron chi connectivity index (χ2n) is 4.60. The number of quaternary nitrogens is 1. The van der Waals surface area contributed by atoms with Crippen molar-refractivity contribution in [1.29, 1.82) is 0 Å². The van der Waals surface area contributed by atoms with Gasteiger partial charge >= 0.3 is 6.09 Å². The highest BCUT2D eigenvalue weighted by Gasteiger charge is 2.05. The lowest BCUT2D eigenvalue weighted by atomic mass is 10.2. The van der Waals surface area contributed by atoms with E-state index < -0.39 is 6.09 Å². The summed E-state index contributed by atoms with van der Waals surface area (Å²) in [6, 6.07) is 0. The number of carbonyl (C=O) groups is 1. The van der Waals surface area contributed by atoms with Crippen LogP contribution in [0.2, 0.25) is 0 Å². The molecule has 0 heterocycles. The SMILES string of the molecule is C[N+](C)(C)CCCCCCOC(N)=O.[Cl-]. The highest BCUT2D eigenvalue weighted by atomic mass is 35.5. The molecule has 92 valence electrons. The van der Waals surface area contributed by atoms with Crippen LogP contribution < -0.4 is 18.1 Å². The van der Waals surface area contributed by atoms with Gasteiger partial charge in [0.15, 0.2) is 0 Å². The van der Waals surface area contributed by atoms with Gasteiger partial charge in [0.2, 0.25) is 0 Å². The average Bonchev–Trinajstić information content (AvgIpc) is 2.00. The molecule has 0 radical (unpaired) electrons. The zero-order valence-electron chi connectivity index (χ0n) is 9.96. The summed E-state index contributed by atoms with van der Waals surface area (Å²) in [4.78, 5) is 10.2. The number of hydrogen-bond acceptors (Lipinski definition) is 2. The zero-order chi connectivity index (χ0) is 11.0. The minimum Gasteiger partial charge on any atom is -1.00 e. The Morgan fingerprint density at radius 2 is 1.67 bits per heavy atom. The van der Waals surface area contributed by atoms with Crippen molar-refractivity contribution in [2.75, 3.05) is 34.3 Å². The molecule has 0 bridgehead atoms. The number of nitrogens with two attached hydrogens (primary N) is 1. The van der Waals surface area contributed by atoms with E-state index in [1.165, 1.54) is 19.4 Å². The molecule has 0 saturated carbocycles. The third kappa shape index (κ3) is 16.2. The molecule has 0 atom stereocenters. The number of amides is 1. The van der Waals surface area contributed by atoms with E-state index in [1.54, 1.807) is 0 Å². The molecule has 0 aromatic rings. The molecule has 0 aliphatic carbocycles. The van der Waals surface area contributed by atoms with Crippen LogP contribution in [0.15, 0.2) is 0 Å². The van der Waals surface area contributed by atoms with E-state index >= 15 is 0 Å². The normalized spacial score (nSPS) is 10.6. The van der Waals surface area contributed by atoms with Gasteiger partial charge in [-0.1, -0.05) is 0 Å². The van der Waals surface area contributed by atoms with Crippen LogP contribution in [0.4, 0.5) is 4.79 Å². The van der Waals surface area contributed by atoms with Crippen molar-refractivity contribution in [2.24, 2.45) is 5.73 Å². The molecule has 5 heteroatoms. The maximum atomic E-state index is 10.2. The van der Waals surface area contributed by atoms with Crippen molar-refractivity contribution >= 4 is 6.09 Å². The second-order valence-corrected chi connectivity index (χ2v) is 4.60. The number of primary amides is 1. The maximum Gasteiger partial charge on any atom is 0.404 e. The van der Waals surface area contributed by atoms with Crippen molar-refractivity contribution < 1.29 is 26.4 Å². The molecule has 4 nitrogen and oxygen atoms in total. The third-order valence-electron chi connectivity index (χ3n) is 1.97. The van der Waals surface area contributed by atoms with Crippen LogP contribution in [0.25, 0.3) is 0 Å². The molecule has 0 rings (SSSR count). The van der Waals surface area contributed by atoms with Crippen molar-refractivity contribution in [3.63, 3.8) is 0 Å². The van der Waals surface area contributed by atoms with E-state index in [0.29, 0.717) is 6.61 Å². The lowest BCUT2D eigenvalue weighted by Gasteiger charge is -2.23. The lowest BCUT2D eigenvalue weighted by molar-refractivity contribution is -0.870. The van der Waals surface area contributed by atoms with Gasteiger partial charge in [0.25, 0.3) is 0 Å². The van der Waals surface area contributed by atoms with Gasteiger partial charge in [-0.3, -0.25) is 0 Å². The van der Waals surface area contributed by atoms with Gasteiger partial charge in [0.05, 0.1) is 34.3 Å². The standard InChI is InChI=1S/C10H22N2O2.ClH/c1-12(2,3)8-6-4-5-7-9-14-10(11)13;/h4-9H2,1-3H3,(H-,11,13);1H. The summed E-state index contributed by atoms with van der Waals surface area (Å²) in [5.74, 6) is 0. The summed E-state index contributed by atoms with van der Waals surface area (Å²) < 4.78 is 5.64. The predicted octanol–water partition coefficient (Wildman–Crippen LogP) is -1.65. The maximum absolute atomic E-state index is 10.2. The van der Waals surface area contributed by atoms with Crippen LogP contribution in [0.5, 0.6) is 0 Å². The Morgan fingerprint density at radius 3 is 2.13 bits per heavy atom. The Balaban J connectivity index is 0. The Kier molecular flexibility index (Phi) is 9.93. The van der Waals surface area contributed by atoms with Crippen molar-refractivity contribution in [2.45, 2.75) is 25.7 Å². The van der Waals surface area contributed by atoms with E-state index in [-0.39, 0.29) is 12.4 Å². The van der Waals surface area contributed by atoms with Gasteiger partial charge < -0.3 is 27.4 Å². The molecule has 1 amide bonds. The van der Waals surface area contributed by atoms with Gasteiger partial charge in [-0.2, -0.15) is 0 Å². The van der Waals surface area contributed by atoms with Gasteiger partial charge in [-0.15, -0.1) is 0 Å². The number of rotatable bonds is 7. The topological polar surface area (TPSA) is 52.3 Å². The molecule has 0 aliphatic rings. The average molecular weight is 239 g/mol. The first-order valence-corrected chi connectivity index (χ1v) is 5.14. The number of unbranched alkanes of at least 4 members (excludes halogenated alkanes) is 3. The Bertz CT molecular complexity index is 169. The smallest absolute Gasteiger partial charge is 0.404 e. The fourth-order valence-corrected chi connectivity index (χ4v) is 1.21. The van der Waals surface area contributed by atoms with E-state index in [4.69, 9.17) is 5.73 Å². The second kappa shape index (κ2) is 8.80. The fourth-order valence-electron chi connectivity index (χ4n) is 1.21. The Labute approximate surface area is 98.8 Å². The molecule has 0 spiro atoms. The Hall–Kier alpha value is -0.480. The van der Waals surface area contributed by atoms with Crippen LogP contribution in [0, 0.1) is 0 Å².